The maximum absolute atomic E-state index is 12.8. The number of aromatic nitrogens is 1. The van der Waals surface area contributed by atoms with Crippen LogP contribution in [-0.4, -0.2) is 13.0 Å². The highest BCUT2D eigenvalue weighted by molar-refractivity contribution is 6.07. The van der Waals surface area contributed by atoms with Gasteiger partial charge in [0.1, 0.15) is 16.9 Å². The number of ether oxygens (including phenoxy) is 1. The fourth-order valence-electron chi connectivity index (χ4n) is 3.35. The zero-order valence-corrected chi connectivity index (χ0v) is 16.2. The molecule has 2 aromatic carbocycles. The first-order valence-electron chi connectivity index (χ1n) is 9.40. The summed E-state index contributed by atoms with van der Waals surface area (Å²) in [5.41, 5.74) is 3.35. The lowest BCUT2D eigenvalue weighted by atomic mass is 10.1. The molecule has 1 N–H and O–H groups in total. The predicted molar refractivity (Wildman–Crippen MR) is 110 cm³/mol. The van der Waals surface area contributed by atoms with Crippen LogP contribution in [0.5, 0.6) is 5.75 Å². The third kappa shape index (κ3) is 3.20. The monoisotopic (exact) mass is 375 g/mol. The van der Waals surface area contributed by atoms with Crippen LogP contribution in [0, 0.1) is 0 Å². The molecule has 0 aliphatic carbocycles. The molecule has 0 unspecified atom stereocenters. The van der Waals surface area contributed by atoms with Crippen LogP contribution in [0.2, 0.25) is 0 Å². The number of pyridine rings is 1. The van der Waals surface area contributed by atoms with Crippen molar-refractivity contribution in [2.24, 2.45) is 0 Å². The number of anilines is 1. The van der Waals surface area contributed by atoms with E-state index in [9.17, 15) is 4.79 Å². The Hall–Kier alpha value is -3.34. The number of methoxy groups -OCH3 is 1. The van der Waals surface area contributed by atoms with Gasteiger partial charge in [0.25, 0.3) is 5.91 Å². The Bertz CT molecular complexity index is 1150. The van der Waals surface area contributed by atoms with Crippen LogP contribution < -0.4 is 14.6 Å². The molecule has 5 nitrogen and oxygen atoms in total. The Morgan fingerprint density at radius 3 is 2.57 bits per heavy atom. The number of rotatable bonds is 5. The molecule has 0 spiro atoms. The minimum atomic E-state index is -0.359. The fourth-order valence-corrected chi connectivity index (χ4v) is 3.35. The largest absolute Gasteiger partial charge is 0.495 e. The van der Waals surface area contributed by atoms with Gasteiger partial charge in [-0.2, -0.15) is 4.57 Å². The zero-order chi connectivity index (χ0) is 19.7. The van der Waals surface area contributed by atoms with Crippen LogP contribution in [0.15, 0.2) is 65.3 Å². The van der Waals surface area contributed by atoms with Gasteiger partial charge < -0.3 is 14.5 Å². The van der Waals surface area contributed by atoms with Gasteiger partial charge in [-0.3, -0.25) is 4.79 Å². The van der Waals surface area contributed by atoms with Crippen molar-refractivity contribution in [2.75, 3.05) is 12.4 Å². The van der Waals surface area contributed by atoms with Gasteiger partial charge in [0, 0.05) is 35.9 Å². The minimum Gasteiger partial charge on any atom is -0.495 e. The number of carbonyl (C=O) groups excluding carboxylic acids is 1. The third-order valence-corrected chi connectivity index (χ3v) is 5.11. The van der Waals surface area contributed by atoms with Crippen molar-refractivity contribution in [2.45, 2.75) is 26.3 Å². The SMILES string of the molecule is CCc1cc[n+]([C@@H](C)C(=O)Nc2cc3oc4ccccc4c3cc2OC)cc1. The first-order valence-corrected chi connectivity index (χ1v) is 9.40. The van der Waals surface area contributed by atoms with Gasteiger partial charge in [0.15, 0.2) is 12.4 Å². The lowest BCUT2D eigenvalue weighted by Gasteiger charge is -2.12. The standard InChI is InChI=1S/C23H22N2O3/c1-4-16-9-11-25(12-10-16)15(2)23(26)24-19-14-21-18(13-22(19)27-3)17-7-5-6-8-20(17)28-21/h5-15H,4H2,1-3H3/p+1/t15-/m0/s1. The Balaban J connectivity index is 1.65. The molecular formula is C23H23N2O3+. The minimum absolute atomic E-state index is 0.122. The van der Waals surface area contributed by atoms with Crippen molar-refractivity contribution in [1.82, 2.24) is 0 Å². The normalized spacial score (nSPS) is 12.2. The van der Waals surface area contributed by atoms with Crippen molar-refractivity contribution in [3.63, 3.8) is 0 Å². The smallest absolute Gasteiger partial charge is 0.293 e. The first kappa shape index (κ1) is 18.0. The summed E-state index contributed by atoms with van der Waals surface area (Å²) in [6.07, 6.45) is 4.83. The van der Waals surface area contributed by atoms with E-state index in [0.717, 1.165) is 22.8 Å². The molecule has 2 heterocycles. The maximum atomic E-state index is 12.8. The Kier molecular flexibility index (Phi) is 4.74. The molecule has 0 aliphatic rings. The number of fused-ring (bicyclic) bond motifs is 3. The summed E-state index contributed by atoms with van der Waals surface area (Å²) in [4.78, 5) is 12.8. The van der Waals surface area contributed by atoms with Gasteiger partial charge in [0.2, 0.25) is 6.04 Å². The summed E-state index contributed by atoms with van der Waals surface area (Å²) in [6, 6.07) is 15.3. The van der Waals surface area contributed by atoms with E-state index >= 15 is 0 Å². The molecule has 0 radical (unpaired) electrons. The maximum Gasteiger partial charge on any atom is 0.293 e. The van der Waals surface area contributed by atoms with Crippen molar-refractivity contribution in [3.8, 4) is 5.75 Å². The topological polar surface area (TPSA) is 55.3 Å². The average molecular weight is 375 g/mol. The number of furan rings is 1. The molecule has 2 aromatic heterocycles. The summed E-state index contributed by atoms with van der Waals surface area (Å²) in [5.74, 6) is 0.481. The van der Waals surface area contributed by atoms with Gasteiger partial charge in [-0.1, -0.05) is 25.1 Å². The molecular weight excluding hydrogens is 352 g/mol. The number of aryl methyl sites for hydroxylation is 1. The lowest BCUT2D eigenvalue weighted by Crippen LogP contribution is -2.44. The molecule has 4 aromatic rings. The quantitative estimate of drug-likeness (QED) is 0.517. The average Bonchev–Trinajstić information content (AvgIpc) is 3.10. The molecule has 5 heteroatoms. The number of para-hydroxylation sites is 1. The van der Waals surface area contributed by atoms with Crippen LogP contribution in [0.3, 0.4) is 0 Å². The summed E-state index contributed by atoms with van der Waals surface area (Å²) in [6.45, 7) is 3.98. The van der Waals surface area contributed by atoms with E-state index in [-0.39, 0.29) is 11.9 Å². The highest BCUT2D eigenvalue weighted by Gasteiger charge is 2.23. The lowest BCUT2D eigenvalue weighted by molar-refractivity contribution is -0.705. The van der Waals surface area contributed by atoms with E-state index in [4.69, 9.17) is 9.15 Å². The van der Waals surface area contributed by atoms with Crippen LogP contribution in [0.1, 0.15) is 25.5 Å². The summed E-state index contributed by atoms with van der Waals surface area (Å²) in [7, 11) is 1.60. The van der Waals surface area contributed by atoms with Gasteiger partial charge in [-0.25, -0.2) is 0 Å². The number of hydrogen-bond acceptors (Lipinski definition) is 3. The highest BCUT2D eigenvalue weighted by atomic mass is 16.5. The van der Waals surface area contributed by atoms with E-state index in [1.165, 1.54) is 5.56 Å². The van der Waals surface area contributed by atoms with Crippen LogP contribution in [0.4, 0.5) is 5.69 Å². The molecule has 0 aliphatic heterocycles. The molecule has 28 heavy (non-hydrogen) atoms. The van der Waals surface area contributed by atoms with E-state index in [1.807, 2.05) is 72.4 Å². The van der Waals surface area contributed by atoms with Gasteiger partial charge in [-0.15, -0.1) is 0 Å². The second-order valence-corrected chi connectivity index (χ2v) is 6.82. The third-order valence-electron chi connectivity index (χ3n) is 5.11. The molecule has 142 valence electrons. The molecule has 1 amide bonds. The number of nitrogens with one attached hydrogen (secondary N) is 1. The van der Waals surface area contributed by atoms with Crippen LogP contribution in [-0.2, 0) is 11.2 Å². The Morgan fingerprint density at radius 1 is 1.11 bits per heavy atom. The van der Waals surface area contributed by atoms with Crippen LogP contribution >= 0.6 is 0 Å². The van der Waals surface area contributed by atoms with Gasteiger partial charge in [0.05, 0.1) is 12.8 Å². The Labute approximate surface area is 163 Å². The van der Waals surface area contributed by atoms with Crippen molar-refractivity contribution < 1.29 is 18.5 Å². The highest BCUT2D eigenvalue weighted by Crippen LogP contribution is 2.36. The van der Waals surface area contributed by atoms with E-state index in [0.29, 0.717) is 17.0 Å². The Morgan fingerprint density at radius 2 is 1.86 bits per heavy atom. The summed E-state index contributed by atoms with van der Waals surface area (Å²) < 4.78 is 13.3. The molecule has 1 atom stereocenters. The fraction of sp³-hybridized carbons (Fsp3) is 0.217. The number of benzene rings is 2. The molecule has 0 saturated heterocycles. The summed E-state index contributed by atoms with van der Waals surface area (Å²) in [5, 5.41) is 4.96. The number of amides is 1. The van der Waals surface area contributed by atoms with Gasteiger partial charge >= 0.3 is 0 Å². The van der Waals surface area contributed by atoms with Crippen molar-refractivity contribution >= 4 is 33.5 Å². The first-order chi connectivity index (χ1) is 13.6. The predicted octanol–water partition coefficient (Wildman–Crippen LogP) is 4.64. The molecule has 4 rings (SSSR count). The second kappa shape index (κ2) is 7.35. The van der Waals surface area contributed by atoms with E-state index < -0.39 is 0 Å². The molecule has 0 saturated carbocycles. The van der Waals surface area contributed by atoms with Gasteiger partial charge in [-0.05, 0) is 24.1 Å². The number of carbonyl (C=O) groups is 1. The number of nitrogens with zero attached hydrogens (tertiary/aromatic N) is 1. The van der Waals surface area contributed by atoms with Crippen LogP contribution in [0.25, 0.3) is 21.9 Å². The number of hydrogen-bond donors (Lipinski definition) is 1. The summed E-state index contributed by atoms with van der Waals surface area (Å²) >= 11 is 0. The van der Waals surface area contributed by atoms with E-state index in [2.05, 4.69) is 12.2 Å². The van der Waals surface area contributed by atoms with E-state index in [1.54, 1.807) is 7.11 Å². The molecule has 0 fully saturated rings. The zero-order valence-electron chi connectivity index (χ0n) is 16.2. The van der Waals surface area contributed by atoms with Crippen molar-refractivity contribution in [1.29, 1.82) is 0 Å². The second-order valence-electron chi connectivity index (χ2n) is 6.82. The molecule has 0 bridgehead atoms. The van der Waals surface area contributed by atoms with Crippen molar-refractivity contribution in [3.05, 3.63) is 66.5 Å².